The van der Waals surface area contributed by atoms with Crippen LogP contribution in [0.25, 0.3) is 0 Å². The molecule has 0 fully saturated rings. The van der Waals surface area contributed by atoms with Crippen molar-refractivity contribution in [2.24, 2.45) is 5.92 Å². The molecule has 1 atom stereocenters. The van der Waals surface area contributed by atoms with Gasteiger partial charge in [0.15, 0.2) is 26.9 Å². The van der Waals surface area contributed by atoms with Gasteiger partial charge in [-0.25, -0.2) is 4.79 Å². The Labute approximate surface area is 263 Å². The van der Waals surface area contributed by atoms with E-state index in [-0.39, 0.29) is 23.4 Å². The molecule has 6 rings (SSSR count). The number of carbonyl (C=O) groups excluding carboxylic acids is 1. The summed E-state index contributed by atoms with van der Waals surface area (Å²) in [5, 5.41) is 0. The van der Waals surface area contributed by atoms with Crippen molar-refractivity contribution < 1.29 is 14.3 Å². The summed E-state index contributed by atoms with van der Waals surface area (Å²) in [6.07, 6.45) is 16.9. The summed E-state index contributed by atoms with van der Waals surface area (Å²) in [6.45, 7) is 7.49. The number of aryl methyl sites for hydroxylation is 2. The van der Waals surface area contributed by atoms with Crippen LogP contribution in [0, 0.1) is 31.6 Å². The topological polar surface area (TPSA) is 35.5 Å². The summed E-state index contributed by atoms with van der Waals surface area (Å²) < 4.78 is 11.8. The number of hydrogen-bond acceptors (Lipinski definition) is 3. The molecule has 0 saturated carbocycles. The maximum absolute atomic E-state index is 12.9. The second-order valence-corrected chi connectivity index (χ2v) is 13.6. The summed E-state index contributed by atoms with van der Waals surface area (Å²) in [7, 11) is -0.263. The normalized spacial score (nSPS) is 16.5. The minimum Gasteiger partial charge on any atom is -0.481 e. The molecular weight excluding hydrogens is 561 g/mol. The fourth-order valence-electron chi connectivity index (χ4n) is 5.78. The molecule has 0 saturated heterocycles. The van der Waals surface area contributed by atoms with Gasteiger partial charge in [-0.2, -0.15) is 0 Å². The van der Waals surface area contributed by atoms with Crippen molar-refractivity contribution in [3.05, 3.63) is 155 Å². The van der Waals surface area contributed by atoms with E-state index in [4.69, 9.17) is 9.47 Å². The second-order valence-electron chi connectivity index (χ2n) is 11.5. The molecule has 3 aromatic carbocycles. The van der Waals surface area contributed by atoms with Gasteiger partial charge in [0.25, 0.3) is 0 Å². The molecule has 0 N–H and O–H groups in total. The van der Waals surface area contributed by atoms with Gasteiger partial charge in [-0.05, 0) is 85.9 Å². The first kappa shape index (κ1) is 29.4. The summed E-state index contributed by atoms with van der Waals surface area (Å²) >= 11 is 0. The molecule has 3 aliphatic carbocycles. The highest BCUT2D eigenvalue weighted by molar-refractivity contribution is 7.97. The van der Waals surface area contributed by atoms with Crippen LogP contribution in [0.2, 0.25) is 0 Å². The summed E-state index contributed by atoms with van der Waals surface area (Å²) in [6, 6.07) is 25.5. The first-order valence-corrected chi connectivity index (χ1v) is 16.0. The van der Waals surface area contributed by atoms with Gasteiger partial charge in [0.2, 0.25) is 0 Å². The lowest BCUT2D eigenvalue weighted by atomic mass is 9.74. The number of benzene rings is 3. The molecule has 0 radical (unpaired) electrons. The smallest absolute Gasteiger partial charge is 0.345 e. The van der Waals surface area contributed by atoms with Gasteiger partial charge in [0.1, 0.15) is 5.75 Å². The molecule has 0 amide bonds. The maximum Gasteiger partial charge on any atom is 0.345 e. The van der Waals surface area contributed by atoms with Gasteiger partial charge in [-0.1, -0.05) is 90.8 Å². The highest BCUT2D eigenvalue weighted by Crippen LogP contribution is 2.40. The monoisotopic (exact) mass is 595 g/mol. The molecule has 0 aromatic heterocycles. The summed E-state index contributed by atoms with van der Waals surface area (Å²) in [5.74, 6) is 6.93. The van der Waals surface area contributed by atoms with Crippen molar-refractivity contribution in [2.45, 2.75) is 48.0 Å². The largest absolute Gasteiger partial charge is 0.481 e. The van der Waals surface area contributed by atoms with Gasteiger partial charge in [0.05, 0.1) is 10.9 Å². The second kappa shape index (κ2) is 12.5. The van der Waals surface area contributed by atoms with Crippen molar-refractivity contribution >= 4 is 16.9 Å². The first-order chi connectivity index (χ1) is 21.3. The minimum absolute atomic E-state index is 0.192. The van der Waals surface area contributed by atoms with E-state index in [9.17, 15) is 4.79 Å². The van der Waals surface area contributed by atoms with E-state index in [1.807, 2.05) is 45.9 Å². The molecule has 3 aliphatic rings. The number of allylic oxidation sites excluding steroid dienone is 12. The Kier molecular flexibility index (Phi) is 8.33. The fraction of sp³-hybridized carbons (Fsp3) is 0.175. The third-order valence-electron chi connectivity index (χ3n) is 7.70. The zero-order valence-corrected chi connectivity index (χ0v) is 26.3. The van der Waals surface area contributed by atoms with Gasteiger partial charge in [0, 0.05) is 23.6 Å². The van der Waals surface area contributed by atoms with Crippen molar-refractivity contribution in [3.8, 4) is 17.6 Å². The van der Waals surface area contributed by atoms with Crippen molar-refractivity contribution in [1.82, 2.24) is 0 Å². The van der Waals surface area contributed by atoms with Crippen LogP contribution in [0.4, 0.5) is 0 Å². The van der Waals surface area contributed by atoms with Crippen molar-refractivity contribution in [2.75, 3.05) is 6.61 Å². The molecule has 3 nitrogen and oxygen atoms in total. The van der Waals surface area contributed by atoms with E-state index in [0.29, 0.717) is 5.75 Å². The molecule has 4 heteroatoms. The van der Waals surface area contributed by atoms with Crippen LogP contribution in [0.3, 0.4) is 0 Å². The molecule has 1 unspecified atom stereocenters. The molecule has 3 aromatic rings. The molecule has 0 heterocycles. The molecule has 44 heavy (non-hydrogen) atoms. The standard InChI is InChI=1S/C40H35O3S/c1-28-25-35(44(33-16-7-5-8-17-33)34-18-9-6-10-19-34)26-29(2)39(28)42-27-37(41)43-40(3,4)24-23-30-21-22-32-14-11-13-31-15-12-20-36(30)38(31)32/h5-22,25-26,38H,27H2,1-4H3/q+1. The third kappa shape index (κ3) is 6.30. The Hall–Kier alpha value is -4.72. The summed E-state index contributed by atoms with van der Waals surface area (Å²) in [5.41, 5.74) is 5.64. The Morgan fingerprint density at radius 2 is 1.39 bits per heavy atom. The number of rotatable bonds is 7. The molecule has 218 valence electrons. The van der Waals surface area contributed by atoms with E-state index in [1.165, 1.54) is 31.4 Å². The number of esters is 1. The van der Waals surface area contributed by atoms with Gasteiger partial charge in [-0.15, -0.1) is 0 Å². The Balaban J connectivity index is 1.15. The Morgan fingerprint density at radius 1 is 0.795 bits per heavy atom. The lowest BCUT2D eigenvalue weighted by Crippen LogP contribution is -2.29. The van der Waals surface area contributed by atoms with Crippen LogP contribution in [0.15, 0.2) is 158 Å². The number of carbonyl (C=O) groups is 1. The highest BCUT2D eigenvalue weighted by atomic mass is 32.2. The Bertz CT molecular complexity index is 1770. The lowest BCUT2D eigenvalue weighted by Gasteiger charge is -2.29. The SMILES string of the molecule is Cc1cc([S+](c2ccccc2)c2ccccc2)cc(C)c1OCC(=O)OC(C)(C)C#CC1=C2C=CC=C3C=CC=C(C=C1)C32. The Morgan fingerprint density at radius 3 is 2.02 bits per heavy atom. The molecular formula is C40H35O3S+. The van der Waals surface area contributed by atoms with Gasteiger partial charge in [-0.3, -0.25) is 0 Å². The van der Waals surface area contributed by atoms with Crippen LogP contribution < -0.4 is 4.74 Å². The molecule has 0 bridgehead atoms. The van der Waals surface area contributed by atoms with Gasteiger partial charge >= 0.3 is 5.97 Å². The van der Waals surface area contributed by atoms with Crippen LogP contribution in [-0.2, 0) is 20.4 Å². The maximum atomic E-state index is 12.9. The minimum atomic E-state index is -0.977. The number of hydrogen-bond donors (Lipinski definition) is 0. The lowest BCUT2D eigenvalue weighted by molar-refractivity contribution is -0.154. The highest BCUT2D eigenvalue weighted by Gasteiger charge is 2.30. The van der Waals surface area contributed by atoms with Crippen molar-refractivity contribution in [1.29, 1.82) is 0 Å². The van der Waals surface area contributed by atoms with E-state index >= 15 is 0 Å². The van der Waals surface area contributed by atoms with E-state index in [1.54, 1.807) is 0 Å². The number of ether oxygens (including phenoxy) is 2. The van der Waals surface area contributed by atoms with Crippen molar-refractivity contribution in [3.63, 3.8) is 0 Å². The predicted octanol–water partition coefficient (Wildman–Crippen LogP) is 8.58. The van der Waals surface area contributed by atoms with Crippen LogP contribution in [0.5, 0.6) is 5.75 Å². The summed E-state index contributed by atoms with van der Waals surface area (Å²) in [4.78, 5) is 16.6. The first-order valence-electron chi connectivity index (χ1n) is 14.8. The van der Waals surface area contributed by atoms with E-state index < -0.39 is 11.6 Å². The predicted molar refractivity (Wildman–Crippen MR) is 179 cm³/mol. The molecule has 0 spiro atoms. The molecule has 0 aliphatic heterocycles. The van der Waals surface area contributed by atoms with Crippen LogP contribution >= 0.6 is 0 Å². The van der Waals surface area contributed by atoms with Crippen LogP contribution in [0.1, 0.15) is 25.0 Å². The van der Waals surface area contributed by atoms with E-state index in [2.05, 4.69) is 115 Å². The third-order valence-corrected chi connectivity index (χ3v) is 9.90. The van der Waals surface area contributed by atoms with Crippen LogP contribution in [-0.4, -0.2) is 18.2 Å². The quantitative estimate of drug-likeness (QED) is 0.156. The van der Waals surface area contributed by atoms with E-state index in [0.717, 1.165) is 16.7 Å². The average Bonchev–Trinajstić information content (AvgIpc) is 3.01. The fourth-order valence-corrected chi connectivity index (χ4v) is 8.04. The zero-order chi connectivity index (χ0) is 30.7. The average molecular weight is 596 g/mol. The van der Waals surface area contributed by atoms with Gasteiger partial charge < -0.3 is 9.47 Å². The zero-order valence-electron chi connectivity index (χ0n) is 25.5.